The number of unbranched alkanes of at least 4 members (excludes halogenated alkanes) is 3. The average Bonchev–Trinajstić information content (AvgIpc) is 2.69. The Morgan fingerprint density at radius 2 is 1.42 bits per heavy atom. The third-order valence-electron chi connectivity index (χ3n) is 7.18. The van der Waals surface area contributed by atoms with E-state index in [4.69, 9.17) is 0 Å². The van der Waals surface area contributed by atoms with Crippen molar-refractivity contribution in [3.63, 3.8) is 0 Å². The molecule has 1 fully saturated rings. The van der Waals surface area contributed by atoms with Crippen LogP contribution in [-0.4, -0.2) is 29.6 Å². The Morgan fingerprint density at radius 3 is 1.81 bits per heavy atom. The molecule has 0 heterocycles. The molecule has 0 radical (unpaired) electrons. The predicted molar refractivity (Wildman–Crippen MR) is 121 cm³/mol. The van der Waals surface area contributed by atoms with Crippen molar-refractivity contribution in [1.29, 1.82) is 0 Å². The van der Waals surface area contributed by atoms with Crippen molar-refractivity contribution in [3.05, 3.63) is 12.7 Å². The minimum atomic E-state index is -2.27. The first-order chi connectivity index (χ1) is 12.5. The molecule has 1 aliphatic rings. The predicted octanol–water partition coefficient (Wildman–Crippen LogP) is 7.97. The summed E-state index contributed by atoms with van der Waals surface area (Å²) < 4.78 is 5.94. The summed E-state index contributed by atoms with van der Waals surface area (Å²) >= 11 is -2.27. The molecule has 0 unspecified atom stereocenters. The quantitative estimate of drug-likeness (QED) is 0.201. The van der Waals surface area contributed by atoms with Crippen LogP contribution in [0.4, 0.5) is 0 Å². The number of aliphatic hydroxyl groups is 1. The first kappa shape index (κ1) is 24.5. The van der Waals surface area contributed by atoms with Crippen LogP contribution in [0.15, 0.2) is 12.7 Å². The van der Waals surface area contributed by atoms with Gasteiger partial charge in [-0.2, -0.15) is 0 Å². The molecule has 0 bridgehead atoms. The van der Waals surface area contributed by atoms with Gasteiger partial charge in [-0.15, -0.1) is 0 Å². The van der Waals surface area contributed by atoms with E-state index in [1.165, 1.54) is 88.4 Å². The van der Waals surface area contributed by atoms with E-state index >= 15 is 0 Å². The number of hydrogen-bond acceptors (Lipinski definition) is 1. The molecule has 1 saturated carbocycles. The van der Waals surface area contributed by atoms with Crippen LogP contribution in [0.25, 0.3) is 0 Å². The Bertz CT molecular complexity index is 353. The van der Waals surface area contributed by atoms with Gasteiger partial charge in [-0.05, 0) is 0 Å². The molecule has 1 nitrogen and oxygen atoms in total. The van der Waals surface area contributed by atoms with Gasteiger partial charge < -0.3 is 0 Å². The molecule has 0 aromatic heterocycles. The summed E-state index contributed by atoms with van der Waals surface area (Å²) in [5, 5.41) is 11.4. The molecule has 26 heavy (non-hydrogen) atoms. The van der Waals surface area contributed by atoms with Gasteiger partial charge in [0, 0.05) is 0 Å². The van der Waals surface area contributed by atoms with Crippen molar-refractivity contribution >= 4 is 18.4 Å². The third kappa shape index (κ3) is 7.49. The van der Waals surface area contributed by atoms with Crippen LogP contribution in [0.1, 0.15) is 98.3 Å². The van der Waals surface area contributed by atoms with Crippen molar-refractivity contribution in [2.45, 2.75) is 122 Å². The third-order valence-corrected chi connectivity index (χ3v) is 23.6. The van der Waals surface area contributed by atoms with Crippen LogP contribution in [-0.2, 0) is 0 Å². The number of hydrogen-bond donors (Lipinski definition) is 1. The van der Waals surface area contributed by atoms with Crippen LogP contribution in [0.2, 0.25) is 17.7 Å². The van der Waals surface area contributed by atoms with Gasteiger partial charge in [-0.1, -0.05) is 0 Å². The van der Waals surface area contributed by atoms with Crippen molar-refractivity contribution in [3.8, 4) is 0 Å². The van der Waals surface area contributed by atoms with Gasteiger partial charge in [-0.3, -0.25) is 0 Å². The van der Waals surface area contributed by atoms with Gasteiger partial charge in [0.1, 0.15) is 0 Å². The van der Waals surface area contributed by atoms with Gasteiger partial charge >= 0.3 is 170 Å². The van der Waals surface area contributed by atoms with Gasteiger partial charge in [0.2, 0.25) is 0 Å². The first-order valence-corrected chi connectivity index (χ1v) is 19.9. The monoisotopic (exact) mass is 472 g/mol. The van der Waals surface area contributed by atoms with Crippen molar-refractivity contribution in [1.82, 2.24) is 0 Å². The number of rotatable bonds is 14. The number of aliphatic hydroxyl groups excluding tert-OH is 1. The molecule has 1 N–H and O–H groups in total. The zero-order valence-electron chi connectivity index (χ0n) is 18.5. The molecule has 0 amide bonds. The Kier molecular flexibility index (Phi) is 12.1. The van der Waals surface area contributed by atoms with Crippen molar-refractivity contribution in [2.75, 3.05) is 0 Å². The van der Waals surface area contributed by atoms with E-state index in [0.29, 0.717) is 5.92 Å². The summed E-state index contributed by atoms with van der Waals surface area (Å²) in [5.41, 5.74) is -0.0483. The van der Waals surface area contributed by atoms with E-state index in [2.05, 4.69) is 40.3 Å². The summed E-state index contributed by atoms with van der Waals surface area (Å²) in [7, 11) is 0. The Morgan fingerprint density at radius 1 is 0.962 bits per heavy atom. The standard InChI is InChI=1S/C12H21O.3C4H9.Sn/c1-4-12(2,3)11(13)10-8-6-5-7-9-10;3*1-3-4-2;/h4,10-11,13H,1-2,5-9H2,3H3;3*1,3-4H2,2H3;/t11-,12+;;;;/m1..../s1. The first-order valence-electron chi connectivity index (χ1n) is 11.8. The Balaban J connectivity index is 3.00. The van der Waals surface area contributed by atoms with Crippen molar-refractivity contribution in [2.24, 2.45) is 11.3 Å². The molecule has 0 aliphatic heterocycles. The van der Waals surface area contributed by atoms with Crippen LogP contribution in [0.3, 0.4) is 0 Å². The summed E-state index contributed by atoms with van der Waals surface area (Å²) in [6, 6.07) is 0. The second-order valence-electron chi connectivity index (χ2n) is 9.54. The molecule has 0 aromatic carbocycles. The zero-order valence-corrected chi connectivity index (χ0v) is 21.3. The van der Waals surface area contributed by atoms with E-state index in [1.54, 1.807) is 0 Å². The fourth-order valence-electron chi connectivity index (χ4n) is 5.39. The SMILES string of the molecule is C=C[C@@](C)([CH2][Sn]([CH2]CCC)([CH2]CCC)[CH2]CCC)[C@H](O)C1CCCCC1. The van der Waals surface area contributed by atoms with E-state index in [0.717, 1.165) is 0 Å². The normalized spacial score (nSPS) is 19.9. The minimum absolute atomic E-state index is 0.0483. The fourth-order valence-corrected chi connectivity index (χ4v) is 24.1. The molecular formula is C24H48OSn. The molecule has 154 valence electrons. The molecule has 1 rings (SSSR count). The molecule has 0 spiro atoms. The molecule has 2 heteroatoms. The maximum atomic E-state index is 11.4. The summed E-state index contributed by atoms with van der Waals surface area (Å²) in [4.78, 5) is 0. The molecule has 2 atom stereocenters. The van der Waals surface area contributed by atoms with E-state index < -0.39 is 18.4 Å². The van der Waals surface area contributed by atoms with Gasteiger partial charge in [0.25, 0.3) is 0 Å². The molecular weight excluding hydrogens is 423 g/mol. The van der Waals surface area contributed by atoms with Crippen molar-refractivity contribution < 1.29 is 5.11 Å². The zero-order chi connectivity index (χ0) is 19.5. The van der Waals surface area contributed by atoms with Crippen LogP contribution in [0, 0.1) is 11.3 Å². The topological polar surface area (TPSA) is 20.2 Å². The van der Waals surface area contributed by atoms with Crippen LogP contribution in [0.5, 0.6) is 0 Å². The second-order valence-corrected chi connectivity index (χ2v) is 23.4. The summed E-state index contributed by atoms with van der Waals surface area (Å²) in [6.07, 6.45) is 16.7. The van der Waals surface area contributed by atoms with E-state index in [9.17, 15) is 5.11 Å². The fraction of sp³-hybridized carbons (Fsp3) is 0.917. The average molecular weight is 471 g/mol. The molecule has 0 aromatic rings. The van der Waals surface area contributed by atoms with Gasteiger partial charge in [-0.25, -0.2) is 0 Å². The Labute approximate surface area is 169 Å². The van der Waals surface area contributed by atoms with Gasteiger partial charge in [0.05, 0.1) is 0 Å². The summed E-state index contributed by atoms with van der Waals surface area (Å²) in [6.45, 7) is 13.6. The van der Waals surface area contributed by atoms with E-state index in [-0.39, 0.29) is 11.5 Å². The van der Waals surface area contributed by atoms with Gasteiger partial charge in [0.15, 0.2) is 0 Å². The molecule has 0 saturated heterocycles. The molecule has 1 aliphatic carbocycles. The summed E-state index contributed by atoms with van der Waals surface area (Å²) in [5.74, 6) is 0.513. The van der Waals surface area contributed by atoms with Crippen LogP contribution < -0.4 is 0 Å². The Hall–Kier alpha value is 0.499. The van der Waals surface area contributed by atoms with E-state index in [1.807, 2.05) is 0 Å². The maximum absolute atomic E-state index is 11.4. The van der Waals surface area contributed by atoms with Crippen LogP contribution >= 0.6 is 0 Å². The second kappa shape index (κ2) is 12.9.